The molecule has 0 bridgehead atoms. The number of aromatic nitrogens is 4. The number of aryl methyl sites for hydroxylation is 1. The lowest BCUT2D eigenvalue weighted by Crippen LogP contribution is -2.06. The smallest absolute Gasteiger partial charge is 0.165 e. The van der Waals surface area contributed by atoms with Crippen LogP contribution in [0.3, 0.4) is 0 Å². The van der Waals surface area contributed by atoms with Crippen LogP contribution in [0.15, 0.2) is 36.9 Å². The van der Waals surface area contributed by atoms with Gasteiger partial charge in [0.25, 0.3) is 0 Å². The predicted molar refractivity (Wildman–Crippen MR) is 73.2 cm³/mol. The Bertz CT molecular complexity index is 765. The molecule has 94 valence electrons. The van der Waals surface area contributed by atoms with Crippen LogP contribution in [0.1, 0.15) is 23.6 Å². The van der Waals surface area contributed by atoms with E-state index in [1.165, 1.54) is 17.5 Å². The molecular weight excluding hydrogens is 260 g/mol. The first-order chi connectivity index (χ1) is 9.34. The molecule has 1 unspecified atom stereocenters. The molecule has 4 rings (SSSR count). The van der Waals surface area contributed by atoms with E-state index in [4.69, 9.17) is 11.6 Å². The molecule has 0 N–H and O–H groups in total. The first-order valence-electron chi connectivity index (χ1n) is 6.25. The summed E-state index contributed by atoms with van der Waals surface area (Å²) in [6.07, 6.45) is 5.48. The van der Waals surface area contributed by atoms with Crippen LogP contribution in [-0.4, -0.2) is 19.5 Å². The largest absolute Gasteiger partial charge is 0.308 e. The second-order valence-electron chi connectivity index (χ2n) is 4.74. The third kappa shape index (κ3) is 1.56. The number of nitrogens with zero attached hydrogens (tertiary/aromatic N) is 4. The maximum atomic E-state index is 6.05. The Hall–Kier alpha value is -1.94. The number of imidazole rings is 1. The van der Waals surface area contributed by atoms with Crippen molar-refractivity contribution in [2.24, 2.45) is 0 Å². The van der Waals surface area contributed by atoms with Crippen molar-refractivity contribution in [3.8, 4) is 0 Å². The van der Waals surface area contributed by atoms with Crippen molar-refractivity contribution in [2.75, 3.05) is 0 Å². The number of hydrogen-bond acceptors (Lipinski definition) is 3. The number of hydrogen-bond donors (Lipinski definition) is 0. The lowest BCUT2D eigenvalue weighted by molar-refractivity contribution is 0.591. The molecule has 3 aromatic rings. The molecule has 0 radical (unpaired) electrons. The maximum Gasteiger partial charge on any atom is 0.165 e. The Kier molecular flexibility index (Phi) is 2.32. The molecule has 0 aliphatic heterocycles. The molecule has 4 nitrogen and oxygen atoms in total. The molecule has 2 aromatic heterocycles. The monoisotopic (exact) mass is 270 g/mol. The highest BCUT2D eigenvalue weighted by molar-refractivity contribution is 6.33. The first kappa shape index (κ1) is 10.9. The average Bonchev–Trinajstić information content (AvgIpc) is 3.02. The Morgan fingerprint density at radius 1 is 1.16 bits per heavy atom. The molecule has 0 saturated carbocycles. The quantitative estimate of drug-likeness (QED) is 0.639. The summed E-state index contributed by atoms with van der Waals surface area (Å²) in [6, 6.07) is 8.84. The summed E-state index contributed by atoms with van der Waals surface area (Å²) in [5, 5.41) is 0.412. The highest BCUT2D eigenvalue weighted by Crippen LogP contribution is 2.35. The average molecular weight is 271 g/mol. The van der Waals surface area contributed by atoms with E-state index in [0.29, 0.717) is 16.7 Å². The van der Waals surface area contributed by atoms with Crippen LogP contribution in [-0.2, 0) is 6.42 Å². The summed E-state index contributed by atoms with van der Waals surface area (Å²) >= 11 is 6.05. The third-order valence-corrected chi connectivity index (χ3v) is 4.03. The first-order valence-corrected chi connectivity index (χ1v) is 6.63. The van der Waals surface area contributed by atoms with Gasteiger partial charge in [-0.3, -0.25) is 0 Å². The molecule has 1 aliphatic rings. The van der Waals surface area contributed by atoms with Crippen LogP contribution in [0, 0.1) is 0 Å². The highest BCUT2D eigenvalue weighted by Gasteiger charge is 2.25. The highest BCUT2D eigenvalue weighted by atomic mass is 35.5. The van der Waals surface area contributed by atoms with E-state index >= 15 is 0 Å². The minimum atomic E-state index is 0.298. The van der Waals surface area contributed by atoms with Gasteiger partial charge in [0.15, 0.2) is 10.8 Å². The van der Waals surface area contributed by atoms with Crippen LogP contribution in [0.25, 0.3) is 11.2 Å². The Balaban J connectivity index is 1.91. The molecule has 2 heterocycles. The SMILES string of the molecule is Clc1ncnc2c1ncn2C1CCc2ccccc21. The van der Waals surface area contributed by atoms with Gasteiger partial charge in [-0.1, -0.05) is 35.9 Å². The Labute approximate surface area is 115 Å². The maximum absolute atomic E-state index is 6.05. The van der Waals surface area contributed by atoms with E-state index in [-0.39, 0.29) is 0 Å². The molecular formula is C14H11ClN4. The zero-order valence-corrected chi connectivity index (χ0v) is 10.9. The van der Waals surface area contributed by atoms with Crippen LogP contribution in [0.2, 0.25) is 5.15 Å². The number of halogens is 1. The van der Waals surface area contributed by atoms with Gasteiger partial charge in [-0.05, 0) is 24.0 Å². The zero-order chi connectivity index (χ0) is 12.8. The molecule has 0 spiro atoms. The van der Waals surface area contributed by atoms with Crippen molar-refractivity contribution in [2.45, 2.75) is 18.9 Å². The Morgan fingerprint density at radius 3 is 3.00 bits per heavy atom. The van der Waals surface area contributed by atoms with Crippen molar-refractivity contribution < 1.29 is 0 Å². The number of fused-ring (bicyclic) bond motifs is 2. The van der Waals surface area contributed by atoms with Gasteiger partial charge in [0.2, 0.25) is 0 Å². The number of rotatable bonds is 1. The molecule has 5 heteroatoms. The van der Waals surface area contributed by atoms with Crippen molar-refractivity contribution in [1.82, 2.24) is 19.5 Å². The minimum Gasteiger partial charge on any atom is -0.308 e. The van der Waals surface area contributed by atoms with E-state index in [9.17, 15) is 0 Å². The Morgan fingerprint density at radius 2 is 2.05 bits per heavy atom. The normalized spacial score (nSPS) is 17.8. The number of benzene rings is 1. The van der Waals surface area contributed by atoms with E-state index in [1.54, 1.807) is 0 Å². The van der Waals surface area contributed by atoms with Gasteiger partial charge in [-0.25, -0.2) is 15.0 Å². The molecule has 1 aromatic carbocycles. The molecule has 0 saturated heterocycles. The molecule has 1 atom stereocenters. The minimum absolute atomic E-state index is 0.298. The van der Waals surface area contributed by atoms with E-state index in [0.717, 1.165) is 18.5 Å². The molecule has 1 aliphatic carbocycles. The molecule has 19 heavy (non-hydrogen) atoms. The van der Waals surface area contributed by atoms with Crippen molar-refractivity contribution >= 4 is 22.8 Å². The predicted octanol–water partition coefficient (Wildman–Crippen LogP) is 3.02. The fraction of sp³-hybridized carbons (Fsp3) is 0.214. The van der Waals surface area contributed by atoms with Gasteiger partial charge >= 0.3 is 0 Å². The van der Waals surface area contributed by atoms with E-state index in [1.807, 2.05) is 6.33 Å². The lowest BCUT2D eigenvalue weighted by atomic mass is 10.1. The zero-order valence-electron chi connectivity index (χ0n) is 10.1. The topological polar surface area (TPSA) is 43.6 Å². The van der Waals surface area contributed by atoms with Gasteiger partial charge < -0.3 is 4.57 Å². The van der Waals surface area contributed by atoms with Gasteiger partial charge in [-0.2, -0.15) is 0 Å². The third-order valence-electron chi connectivity index (χ3n) is 3.75. The fourth-order valence-electron chi connectivity index (χ4n) is 2.88. The molecule has 0 amide bonds. The fourth-order valence-corrected chi connectivity index (χ4v) is 3.05. The van der Waals surface area contributed by atoms with Crippen molar-refractivity contribution in [1.29, 1.82) is 0 Å². The summed E-state index contributed by atoms with van der Waals surface area (Å²) in [5.41, 5.74) is 4.25. The summed E-state index contributed by atoms with van der Waals surface area (Å²) < 4.78 is 2.11. The summed E-state index contributed by atoms with van der Waals surface area (Å²) in [4.78, 5) is 12.6. The van der Waals surface area contributed by atoms with E-state index in [2.05, 4.69) is 43.8 Å². The van der Waals surface area contributed by atoms with Crippen molar-refractivity contribution in [3.63, 3.8) is 0 Å². The molecule has 0 fully saturated rings. The van der Waals surface area contributed by atoms with Gasteiger partial charge in [0, 0.05) is 0 Å². The standard InChI is InChI=1S/C14H11ClN4/c15-13-12-14(17-7-16-13)19(8-18-12)11-6-5-9-3-1-2-4-10(9)11/h1-4,7-8,11H,5-6H2. The summed E-state index contributed by atoms with van der Waals surface area (Å²) in [6.45, 7) is 0. The second-order valence-corrected chi connectivity index (χ2v) is 5.10. The van der Waals surface area contributed by atoms with Crippen LogP contribution in [0.5, 0.6) is 0 Å². The van der Waals surface area contributed by atoms with Crippen LogP contribution in [0.4, 0.5) is 0 Å². The van der Waals surface area contributed by atoms with Gasteiger partial charge in [0.1, 0.15) is 11.8 Å². The summed E-state index contributed by atoms with van der Waals surface area (Å²) in [5.74, 6) is 0. The van der Waals surface area contributed by atoms with E-state index < -0.39 is 0 Å². The van der Waals surface area contributed by atoms with Crippen LogP contribution >= 0.6 is 11.6 Å². The second kappa shape index (κ2) is 4.03. The van der Waals surface area contributed by atoms with Gasteiger partial charge in [-0.15, -0.1) is 0 Å². The van der Waals surface area contributed by atoms with Crippen molar-refractivity contribution in [3.05, 3.63) is 53.2 Å². The van der Waals surface area contributed by atoms with Crippen LogP contribution < -0.4 is 0 Å². The lowest BCUT2D eigenvalue weighted by Gasteiger charge is -2.13. The summed E-state index contributed by atoms with van der Waals surface area (Å²) in [7, 11) is 0. The van der Waals surface area contributed by atoms with Gasteiger partial charge in [0.05, 0.1) is 12.4 Å².